The van der Waals surface area contributed by atoms with Crippen molar-refractivity contribution in [3.8, 4) is 0 Å². The largest absolute Gasteiger partial charge is 0.467 e. The van der Waals surface area contributed by atoms with Crippen LogP contribution < -0.4 is 5.32 Å². The molecular weight excluding hydrogens is 278 g/mol. The van der Waals surface area contributed by atoms with Crippen molar-refractivity contribution in [3.05, 3.63) is 35.9 Å². The fourth-order valence-corrected chi connectivity index (χ4v) is 2.34. The first-order chi connectivity index (χ1) is 10.7. The standard InChI is InChI=1S/C18H27NO3/c1-3-4-5-6-10-13-17(20)19-16(18(21)22-2)14-15-11-8-7-9-12-15/h7-9,11-12,16H,3-6,10,13-14H2,1-2H3,(H,19,20)/t16-/m0/s1. The number of esters is 1. The molecule has 4 heteroatoms. The van der Waals surface area contributed by atoms with Gasteiger partial charge in [0, 0.05) is 12.8 Å². The van der Waals surface area contributed by atoms with Crippen molar-refractivity contribution in [1.82, 2.24) is 5.32 Å². The molecule has 1 N–H and O–H groups in total. The van der Waals surface area contributed by atoms with Gasteiger partial charge in [-0.05, 0) is 12.0 Å². The van der Waals surface area contributed by atoms with Crippen molar-refractivity contribution >= 4 is 11.9 Å². The Bertz CT molecular complexity index is 445. The van der Waals surface area contributed by atoms with Crippen LogP contribution in [0.15, 0.2) is 30.3 Å². The summed E-state index contributed by atoms with van der Waals surface area (Å²) in [7, 11) is 1.34. The van der Waals surface area contributed by atoms with Crippen LogP contribution in [0.5, 0.6) is 0 Å². The smallest absolute Gasteiger partial charge is 0.328 e. The molecule has 22 heavy (non-hydrogen) atoms. The fourth-order valence-electron chi connectivity index (χ4n) is 2.34. The highest BCUT2D eigenvalue weighted by molar-refractivity contribution is 5.84. The van der Waals surface area contributed by atoms with E-state index in [4.69, 9.17) is 4.74 Å². The Labute approximate surface area is 133 Å². The minimum atomic E-state index is -0.615. The first-order valence-corrected chi connectivity index (χ1v) is 8.08. The van der Waals surface area contributed by atoms with Crippen LogP contribution in [-0.2, 0) is 20.7 Å². The number of carbonyl (C=O) groups is 2. The lowest BCUT2D eigenvalue weighted by Gasteiger charge is -2.16. The van der Waals surface area contributed by atoms with E-state index in [1.807, 2.05) is 30.3 Å². The molecule has 1 atom stereocenters. The van der Waals surface area contributed by atoms with E-state index in [1.54, 1.807) is 0 Å². The fraction of sp³-hybridized carbons (Fsp3) is 0.556. The third-order valence-electron chi connectivity index (χ3n) is 3.61. The summed E-state index contributed by atoms with van der Waals surface area (Å²) < 4.78 is 4.79. The predicted octanol–water partition coefficient (Wildman–Crippen LogP) is 3.25. The van der Waals surface area contributed by atoms with Crippen LogP contribution in [0.2, 0.25) is 0 Å². The SMILES string of the molecule is CCCCCCCC(=O)N[C@@H](Cc1ccccc1)C(=O)OC. The Morgan fingerprint density at radius 3 is 2.41 bits per heavy atom. The molecule has 1 amide bonds. The molecule has 0 saturated carbocycles. The normalized spacial score (nSPS) is 11.7. The molecule has 0 aromatic heterocycles. The van der Waals surface area contributed by atoms with Gasteiger partial charge < -0.3 is 10.1 Å². The first kappa shape index (κ1) is 18.2. The second-order valence-corrected chi connectivity index (χ2v) is 5.50. The molecular formula is C18H27NO3. The molecule has 1 rings (SSSR count). The first-order valence-electron chi connectivity index (χ1n) is 8.08. The summed E-state index contributed by atoms with van der Waals surface area (Å²) in [5.74, 6) is -0.481. The van der Waals surface area contributed by atoms with Crippen LogP contribution in [0, 0.1) is 0 Å². The number of ether oxygens (including phenoxy) is 1. The summed E-state index contributed by atoms with van der Waals surface area (Å²) in [6, 6.07) is 9.01. The third-order valence-corrected chi connectivity index (χ3v) is 3.61. The van der Waals surface area contributed by atoms with Gasteiger partial charge in [0.15, 0.2) is 0 Å². The van der Waals surface area contributed by atoms with Crippen LogP contribution in [0.4, 0.5) is 0 Å². The number of carbonyl (C=O) groups excluding carboxylic acids is 2. The number of hydrogen-bond donors (Lipinski definition) is 1. The number of amides is 1. The van der Waals surface area contributed by atoms with E-state index >= 15 is 0 Å². The molecule has 4 nitrogen and oxygen atoms in total. The maximum absolute atomic E-state index is 12.0. The minimum absolute atomic E-state index is 0.0807. The zero-order chi connectivity index (χ0) is 16.2. The van der Waals surface area contributed by atoms with Gasteiger partial charge in [0.05, 0.1) is 7.11 Å². The zero-order valence-corrected chi connectivity index (χ0v) is 13.6. The molecule has 122 valence electrons. The van der Waals surface area contributed by atoms with E-state index in [1.165, 1.54) is 20.0 Å². The molecule has 0 aliphatic rings. The van der Waals surface area contributed by atoms with Crippen molar-refractivity contribution in [2.75, 3.05) is 7.11 Å². The van der Waals surface area contributed by atoms with E-state index < -0.39 is 12.0 Å². The average molecular weight is 305 g/mol. The third kappa shape index (κ3) is 7.25. The molecule has 0 aliphatic carbocycles. The van der Waals surface area contributed by atoms with Gasteiger partial charge in [-0.2, -0.15) is 0 Å². The van der Waals surface area contributed by atoms with Crippen LogP contribution in [0.25, 0.3) is 0 Å². The highest BCUT2D eigenvalue weighted by Gasteiger charge is 2.21. The quantitative estimate of drug-likeness (QED) is 0.533. The van der Waals surface area contributed by atoms with Gasteiger partial charge in [0.2, 0.25) is 5.91 Å². The van der Waals surface area contributed by atoms with Crippen molar-refractivity contribution in [2.45, 2.75) is 57.9 Å². The summed E-state index contributed by atoms with van der Waals surface area (Å²) in [5.41, 5.74) is 1.00. The molecule has 1 aromatic rings. The number of benzene rings is 1. The predicted molar refractivity (Wildman–Crippen MR) is 87.5 cm³/mol. The Kier molecular flexibility index (Phi) is 8.96. The van der Waals surface area contributed by atoms with Gasteiger partial charge in [0.1, 0.15) is 6.04 Å². The van der Waals surface area contributed by atoms with Gasteiger partial charge >= 0.3 is 5.97 Å². The topological polar surface area (TPSA) is 55.4 Å². The van der Waals surface area contributed by atoms with E-state index in [-0.39, 0.29) is 5.91 Å². The van der Waals surface area contributed by atoms with Gasteiger partial charge in [-0.3, -0.25) is 4.79 Å². The minimum Gasteiger partial charge on any atom is -0.467 e. The van der Waals surface area contributed by atoms with Crippen molar-refractivity contribution in [2.24, 2.45) is 0 Å². The molecule has 1 aromatic carbocycles. The summed E-state index contributed by atoms with van der Waals surface area (Å²) in [4.78, 5) is 23.8. The van der Waals surface area contributed by atoms with Crippen molar-refractivity contribution in [3.63, 3.8) is 0 Å². The maximum atomic E-state index is 12.0. The molecule has 0 fully saturated rings. The zero-order valence-electron chi connectivity index (χ0n) is 13.6. The van der Waals surface area contributed by atoms with E-state index in [2.05, 4.69) is 12.2 Å². The van der Waals surface area contributed by atoms with Crippen LogP contribution >= 0.6 is 0 Å². The van der Waals surface area contributed by atoms with Crippen molar-refractivity contribution in [1.29, 1.82) is 0 Å². The van der Waals surface area contributed by atoms with Gasteiger partial charge in [-0.1, -0.05) is 62.9 Å². The average Bonchev–Trinajstić information content (AvgIpc) is 2.54. The lowest BCUT2D eigenvalue weighted by molar-refractivity contribution is -0.145. The van der Waals surface area contributed by atoms with Gasteiger partial charge in [-0.25, -0.2) is 4.79 Å². The number of methoxy groups -OCH3 is 1. The molecule has 0 saturated heterocycles. The number of rotatable bonds is 10. The van der Waals surface area contributed by atoms with E-state index in [9.17, 15) is 9.59 Å². The Hall–Kier alpha value is -1.84. The van der Waals surface area contributed by atoms with Crippen LogP contribution in [0.3, 0.4) is 0 Å². The second kappa shape index (κ2) is 10.8. The Morgan fingerprint density at radius 2 is 1.77 bits per heavy atom. The second-order valence-electron chi connectivity index (χ2n) is 5.50. The molecule has 0 aliphatic heterocycles. The molecule has 0 radical (unpaired) electrons. The molecule has 0 unspecified atom stereocenters. The number of nitrogens with one attached hydrogen (secondary N) is 1. The summed E-state index contributed by atoms with van der Waals surface area (Å²) in [6.07, 6.45) is 6.40. The van der Waals surface area contributed by atoms with E-state index in [0.717, 1.165) is 24.8 Å². The highest BCUT2D eigenvalue weighted by atomic mass is 16.5. The van der Waals surface area contributed by atoms with Gasteiger partial charge in [-0.15, -0.1) is 0 Å². The Balaban J connectivity index is 2.44. The van der Waals surface area contributed by atoms with Crippen LogP contribution in [0.1, 0.15) is 51.0 Å². The monoisotopic (exact) mass is 305 g/mol. The van der Waals surface area contributed by atoms with Crippen molar-refractivity contribution < 1.29 is 14.3 Å². The Morgan fingerprint density at radius 1 is 1.09 bits per heavy atom. The lowest BCUT2D eigenvalue weighted by Crippen LogP contribution is -2.43. The summed E-state index contributed by atoms with van der Waals surface area (Å²) in [6.45, 7) is 2.16. The summed E-state index contributed by atoms with van der Waals surface area (Å²) >= 11 is 0. The lowest BCUT2D eigenvalue weighted by atomic mass is 10.1. The molecule has 0 spiro atoms. The van der Waals surface area contributed by atoms with E-state index in [0.29, 0.717) is 12.8 Å². The van der Waals surface area contributed by atoms with Gasteiger partial charge in [0.25, 0.3) is 0 Å². The van der Waals surface area contributed by atoms with Crippen LogP contribution in [-0.4, -0.2) is 25.0 Å². The number of unbranched alkanes of at least 4 members (excludes halogenated alkanes) is 4. The highest BCUT2D eigenvalue weighted by Crippen LogP contribution is 2.07. The number of hydrogen-bond acceptors (Lipinski definition) is 3. The molecule has 0 bridgehead atoms. The molecule has 0 heterocycles. The summed E-state index contributed by atoms with van der Waals surface area (Å²) in [5, 5.41) is 2.79. The maximum Gasteiger partial charge on any atom is 0.328 e.